The monoisotopic (exact) mass is 267 g/mol. The molecule has 0 aliphatic carbocycles. The molecule has 2 aromatic rings. The van der Waals surface area contributed by atoms with Gasteiger partial charge in [0.1, 0.15) is 0 Å². The third-order valence-electron chi connectivity index (χ3n) is 4.05. The van der Waals surface area contributed by atoms with Crippen LogP contribution in [0.5, 0.6) is 0 Å². The summed E-state index contributed by atoms with van der Waals surface area (Å²) in [5, 5.41) is 3.65. The summed E-state index contributed by atoms with van der Waals surface area (Å²) in [4.78, 5) is 0. The van der Waals surface area contributed by atoms with Crippen molar-refractivity contribution in [2.24, 2.45) is 0 Å². The third kappa shape index (κ3) is 3.41. The molecule has 1 nitrogen and oxygen atoms in total. The van der Waals surface area contributed by atoms with E-state index in [1.165, 1.54) is 27.9 Å². The molecule has 0 aromatic heterocycles. The van der Waals surface area contributed by atoms with Gasteiger partial charge in [0.05, 0.1) is 6.04 Å². The fraction of sp³-hybridized carbons (Fsp3) is 0.368. The number of benzene rings is 2. The van der Waals surface area contributed by atoms with E-state index in [2.05, 4.69) is 75.5 Å². The Kier molecular flexibility index (Phi) is 4.84. The van der Waals surface area contributed by atoms with E-state index >= 15 is 0 Å². The molecule has 1 atom stereocenters. The fourth-order valence-electron chi connectivity index (χ4n) is 2.44. The Balaban J connectivity index is 2.16. The maximum absolute atomic E-state index is 3.65. The molecule has 1 N–H and O–H groups in total. The number of hydrogen-bond acceptors (Lipinski definition) is 1. The standard InChI is InChI=1S/C19H25N/c1-5-16-8-10-17(11-9-16)19(6-2)20-18-12-7-14(3)15(4)13-18/h7-13,19-20H,5-6H2,1-4H3. The summed E-state index contributed by atoms with van der Waals surface area (Å²) in [5.74, 6) is 0. The van der Waals surface area contributed by atoms with E-state index in [1.54, 1.807) is 0 Å². The number of hydrogen-bond donors (Lipinski definition) is 1. The van der Waals surface area contributed by atoms with Crippen molar-refractivity contribution in [2.75, 3.05) is 5.32 Å². The first-order valence-electron chi connectivity index (χ1n) is 7.56. The van der Waals surface area contributed by atoms with Gasteiger partial charge < -0.3 is 5.32 Å². The second kappa shape index (κ2) is 6.60. The van der Waals surface area contributed by atoms with E-state index < -0.39 is 0 Å². The molecule has 2 rings (SSSR count). The van der Waals surface area contributed by atoms with Crippen LogP contribution in [0, 0.1) is 13.8 Å². The van der Waals surface area contributed by atoms with Crippen molar-refractivity contribution < 1.29 is 0 Å². The SMILES string of the molecule is CCc1ccc(C(CC)Nc2ccc(C)c(C)c2)cc1. The van der Waals surface area contributed by atoms with E-state index in [-0.39, 0.29) is 0 Å². The van der Waals surface area contributed by atoms with Gasteiger partial charge in [0, 0.05) is 5.69 Å². The van der Waals surface area contributed by atoms with Crippen LogP contribution in [-0.4, -0.2) is 0 Å². The molecule has 1 unspecified atom stereocenters. The van der Waals surface area contributed by atoms with Crippen LogP contribution < -0.4 is 5.32 Å². The maximum Gasteiger partial charge on any atom is 0.0511 e. The number of nitrogens with one attached hydrogen (secondary N) is 1. The van der Waals surface area contributed by atoms with E-state index in [4.69, 9.17) is 0 Å². The van der Waals surface area contributed by atoms with Crippen LogP contribution in [0.3, 0.4) is 0 Å². The molecular weight excluding hydrogens is 242 g/mol. The zero-order valence-electron chi connectivity index (χ0n) is 13.0. The summed E-state index contributed by atoms with van der Waals surface area (Å²) < 4.78 is 0. The van der Waals surface area contributed by atoms with Gasteiger partial charge in [0.2, 0.25) is 0 Å². The molecule has 0 radical (unpaired) electrons. The Morgan fingerprint density at radius 1 is 0.900 bits per heavy atom. The molecule has 0 aliphatic rings. The topological polar surface area (TPSA) is 12.0 Å². The molecule has 1 heteroatoms. The van der Waals surface area contributed by atoms with Crippen LogP contribution in [-0.2, 0) is 6.42 Å². The van der Waals surface area contributed by atoms with E-state index in [9.17, 15) is 0 Å². The van der Waals surface area contributed by atoms with Crippen molar-refractivity contribution >= 4 is 5.69 Å². The summed E-state index contributed by atoms with van der Waals surface area (Å²) >= 11 is 0. The molecule has 0 fully saturated rings. The number of aryl methyl sites for hydroxylation is 3. The van der Waals surface area contributed by atoms with Gasteiger partial charge in [-0.3, -0.25) is 0 Å². The van der Waals surface area contributed by atoms with Crippen LogP contribution in [0.4, 0.5) is 5.69 Å². The predicted molar refractivity (Wildman–Crippen MR) is 88.4 cm³/mol. The van der Waals surface area contributed by atoms with Gasteiger partial charge in [0.25, 0.3) is 0 Å². The molecule has 0 heterocycles. The van der Waals surface area contributed by atoms with Gasteiger partial charge in [-0.1, -0.05) is 44.2 Å². The minimum Gasteiger partial charge on any atom is -0.378 e. The summed E-state index contributed by atoms with van der Waals surface area (Å²) in [5.41, 5.74) is 6.65. The van der Waals surface area contributed by atoms with Crippen molar-refractivity contribution in [3.63, 3.8) is 0 Å². The zero-order valence-corrected chi connectivity index (χ0v) is 13.0. The highest BCUT2D eigenvalue weighted by Gasteiger charge is 2.09. The second-order valence-corrected chi connectivity index (χ2v) is 5.50. The van der Waals surface area contributed by atoms with E-state index in [0.717, 1.165) is 12.8 Å². The average molecular weight is 267 g/mol. The minimum atomic E-state index is 0.378. The molecule has 0 saturated heterocycles. The van der Waals surface area contributed by atoms with Gasteiger partial charge in [-0.05, 0) is 61.1 Å². The molecule has 106 valence electrons. The normalized spacial score (nSPS) is 12.2. The quantitative estimate of drug-likeness (QED) is 0.761. The minimum absolute atomic E-state index is 0.378. The Labute approximate surface area is 123 Å². The van der Waals surface area contributed by atoms with Crippen LogP contribution in [0.2, 0.25) is 0 Å². The maximum atomic E-state index is 3.65. The first-order chi connectivity index (χ1) is 9.63. The Morgan fingerprint density at radius 3 is 2.15 bits per heavy atom. The first kappa shape index (κ1) is 14.6. The Morgan fingerprint density at radius 2 is 1.60 bits per heavy atom. The predicted octanol–water partition coefficient (Wildman–Crippen LogP) is 5.43. The first-order valence-corrected chi connectivity index (χ1v) is 7.56. The second-order valence-electron chi connectivity index (χ2n) is 5.50. The summed E-state index contributed by atoms with van der Waals surface area (Å²) in [6, 6.07) is 15.9. The lowest BCUT2D eigenvalue weighted by Crippen LogP contribution is -2.09. The highest BCUT2D eigenvalue weighted by Crippen LogP contribution is 2.24. The number of rotatable bonds is 5. The lowest BCUT2D eigenvalue weighted by Gasteiger charge is -2.20. The zero-order chi connectivity index (χ0) is 14.5. The Hall–Kier alpha value is -1.76. The molecule has 0 saturated carbocycles. The van der Waals surface area contributed by atoms with Crippen LogP contribution in [0.1, 0.15) is 48.6 Å². The average Bonchev–Trinajstić information content (AvgIpc) is 2.48. The lowest BCUT2D eigenvalue weighted by atomic mass is 10.0. The fourth-order valence-corrected chi connectivity index (χ4v) is 2.44. The third-order valence-corrected chi connectivity index (χ3v) is 4.05. The molecule has 0 bridgehead atoms. The van der Waals surface area contributed by atoms with Crippen LogP contribution >= 0.6 is 0 Å². The summed E-state index contributed by atoms with van der Waals surface area (Å²) in [7, 11) is 0. The van der Waals surface area contributed by atoms with Gasteiger partial charge in [-0.2, -0.15) is 0 Å². The van der Waals surface area contributed by atoms with Gasteiger partial charge in [-0.15, -0.1) is 0 Å². The van der Waals surface area contributed by atoms with Crippen LogP contribution in [0.25, 0.3) is 0 Å². The van der Waals surface area contributed by atoms with Crippen molar-refractivity contribution in [2.45, 2.75) is 46.6 Å². The molecule has 20 heavy (non-hydrogen) atoms. The molecular formula is C19H25N. The van der Waals surface area contributed by atoms with Gasteiger partial charge in [-0.25, -0.2) is 0 Å². The summed E-state index contributed by atoms with van der Waals surface area (Å²) in [6.07, 6.45) is 2.18. The smallest absolute Gasteiger partial charge is 0.0511 e. The van der Waals surface area contributed by atoms with Crippen molar-refractivity contribution in [1.82, 2.24) is 0 Å². The van der Waals surface area contributed by atoms with Crippen molar-refractivity contribution in [3.8, 4) is 0 Å². The highest BCUT2D eigenvalue weighted by molar-refractivity contribution is 5.50. The van der Waals surface area contributed by atoms with Gasteiger partial charge in [0.15, 0.2) is 0 Å². The summed E-state index contributed by atoms with van der Waals surface area (Å²) in [6.45, 7) is 8.74. The van der Waals surface area contributed by atoms with Crippen molar-refractivity contribution in [3.05, 3.63) is 64.7 Å². The molecule has 0 amide bonds. The highest BCUT2D eigenvalue weighted by atomic mass is 14.9. The van der Waals surface area contributed by atoms with Crippen molar-refractivity contribution in [1.29, 1.82) is 0 Å². The largest absolute Gasteiger partial charge is 0.378 e. The Bertz CT molecular complexity index is 554. The molecule has 0 aliphatic heterocycles. The molecule has 0 spiro atoms. The van der Waals surface area contributed by atoms with E-state index in [1.807, 2.05) is 0 Å². The van der Waals surface area contributed by atoms with Crippen LogP contribution in [0.15, 0.2) is 42.5 Å². The lowest BCUT2D eigenvalue weighted by molar-refractivity contribution is 0.748. The van der Waals surface area contributed by atoms with Gasteiger partial charge >= 0.3 is 0 Å². The van der Waals surface area contributed by atoms with E-state index in [0.29, 0.717) is 6.04 Å². The molecule has 2 aromatic carbocycles. The number of anilines is 1.